The van der Waals surface area contributed by atoms with Crippen molar-refractivity contribution in [3.63, 3.8) is 0 Å². The van der Waals surface area contributed by atoms with E-state index in [1.165, 1.54) is 4.68 Å². The van der Waals surface area contributed by atoms with Crippen LogP contribution in [0.25, 0.3) is 11.1 Å². The van der Waals surface area contributed by atoms with Gasteiger partial charge < -0.3 is 20.5 Å². The second kappa shape index (κ2) is 10.2. The van der Waals surface area contributed by atoms with Crippen LogP contribution in [0.2, 0.25) is 0 Å². The maximum atomic E-state index is 12.4. The quantitative estimate of drug-likeness (QED) is 0.420. The fourth-order valence-corrected chi connectivity index (χ4v) is 4.17. The lowest BCUT2D eigenvalue weighted by Gasteiger charge is -2.14. The van der Waals surface area contributed by atoms with Gasteiger partial charge >= 0.3 is 12.1 Å². The van der Waals surface area contributed by atoms with Gasteiger partial charge in [0.15, 0.2) is 0 Å². The second-order valence-electron chi connectivity index (χ2n) is 8.08. The van der Waals surface area contributed by atoms with E-state index in [0.29, 0.717) is 17.8 Å². The summed E-state index contributed by atoms with van der Waals surface area (Å²) in [6.07, 6.45) is -0.233. The third-order valence-corrected chi connectivity index (χ3v) is 5.77. The largest absolute Gasteiger partial charge is 0.481 e. The standard InChI is InChI=1S/C25H26N4O5/c1-29-22(24(32)26-12-6-11-23(30)31)13-16(28-29)14-27-25(33)34-15-21-19-9-4-2-7-17(19)18-8-3-5-10-20(18)21/h2-5,7-10,13,21H,6,11-12,14-15H2,1H3,(H,26,32)(H,27,33)(H,30,31). The number of nitrogens with one attached hydrogen (secondary N) is 2. The topological polar surface area (TPSA) is 123 Å². The summed E-state index contributed by atoms with van der Waals surface area (Å²) in [4.78, 5) is 35.2. The Morgan fingerprint density at radius 1 is 1.03 bits per heavy atom. The zero-order valence-electron chi connectivity index (χ0n) is 18.8. The Hall–Kier alpha value is -4.14. The molecule has 0 saturated heterocycles. The number of aliphatic carboxylic acids is 1. The van der Waals surface area contributed by atoms with E-state index >= 15 is 0 Å². The Bertz CT molecular complexity index is 1170. The zero-order chi connectivity index (χ0) is 24.1. The monoisotopic (exact) mass is 462 g/mol. The molecule has 1 aromatic heterocycles. The average molecular weight is 463 g/mol. The molecule has 2 amide bonds. The lowest BCUT2D eigenvalue weighted by molar-refractivity contribution is -0.137. The van der Waals surface area contributed by atoms with Crippen molar-refractivity contribution in [1.29, 1.82) is 0 Å². The van der Waals surface area contributed by atoms with Crippen molar-refractivity contribution in [1.82, 2.24) is 20.4 Å². The molecule has 3 N–H and O–H groups in total. The maximum Gasteiger partial charge on any atom is 0.407 e. The first kappa shape index (κ1) is 23.0. The summed E-state index contributed by atoms with van der Waals surface area (Å²) in [5, 5.41) is 18.3. The van der Waals surface area contributed by atoms with Gasteiger partial charge in [-0.3, -0.25) is 14.3 Å². The number of aromatic nitrogens is 2. The SMILES string of the molecule is Cn1nc(CNC(=O)OCC2c3ccccc3-c3ccccc32)cc1C(=O)NCCCC(=O)O. The average Bonchev–Trinajstić information content (AvgIpc) is 3.36. The first-order chi connectivity index (χ1) is 16.4. The van der Waals surface area contributed by atoms with E-state index in [1.807, 2.05) is 24.3 Å². The molecule has 0 radical (unpaired) electrons. The van der Waals surface area contributed by atoms with Gasteiger partial charge in [0.2, 0.25) is 0 Å². The fraction of sp³-hybridized carbons (Fsp3) is 0.280. The van der Waals surface area contributed by atoms with Crippen LogP contribution in [0.3, 0.4) is 0 Å². The molecule has 0 atom stereocenters. The number of carbonyl (C=O) groups excluding carboxylic acids is 2. The smallest absolute Gasteiger partial charge is 0.407 e. The minimum Gasteiger partial charge on any atom is -0.481 e. The first-order valence-corrected chi connectivity index (χ1v) is 11.1. The summed E-state index contributed by atoms with van der Waals surface area (Å²) >= 11 is 0. The maximum absolute atomic E-state index is 12.4. The molecule has 3 aromatic rings. The van der Waals surface area contributed by atoms with Crippen LogP contribution in [0.5, 0.6) is 0 Å². The van der Waals surface area contributed by atoms with Crippen molar-refractivity contribution in [2.45, 2.75) is 25.3 Å². The van der Waals surface area contributed by atoms with E-state index in [1.54, 1.807) is 13.1 Å². The molecule has 34 heavy (non-hydrogen) atoms. The minimum absolute atomic E-state index is 0.0129. The minimum atomic E-state index is -0.906. The predicted octanol–water partition coefficient (Wildman–Crippen LogP) is 3.05. The van der Waals surface area contributed by atoms with Crippen LogP contribution in [0.1, 0.15) is 46.1 Å². The summed E-state index contributed by atoms with van der Waals surface area (Å²) < 4.78 is 6.94. The number of carbonyl (C=O) groups is 3. The number of hydrogen-bond donors (Lipinski definition) is 3. The van der Waals surface area contributed by atoms with Gasteiger partial charge in [0.25, 0.3) is 5.91 Å². The molecule has 176 valence electrons. The van der Waals surface area contributed by atoms with Crippen LogP contribution < -0.4 is 10.6 Å². The number of benzene rings is 2. The summed E-state index contributed by atoms with van der Waals surface area (Å²) in [7, 11) is 1.63. The highest BCUT2D eigenvalue weighted by atomic mass is 16.5. The molecule has 2 aromatic carbocycles. The van der Waals surface area contributed by atoms with Gasteiger partial charge in [-0.2, -0.15) is 5.10 Å². The fourth-order valence-electron chi connectivity index (χ4n) is 4.17. The van der Waals surface area contributed by atoms with E-state index in [4.69, 9.17) is 9.84 Å². The van der Waals surface area contributed by atoms with Crippen molar-refractivity contribution < 1.29 is 24.2 Å². The number of hydrogen-bond acceptors (Lipinski definition) is 5. The van der Waals surface area contributed by atoms with Gasteiger partial charge in [-0.1, -0.05) is 48.5 Å². The number of fused-ring (bicyclic) bond motifs is 3. The molecular weight excluding hydrogens is 436 g/mol. The highest BCUT2D eigenvalue weighted by Gasteiger charge is 2.29. The van der Waals surface area contributed by atoms with Gasteiger partial charge in [0, 0.05) is 25.9 Å². The van der Waals surface area contributed by atoms with Gasteiger partial charge in [-0.25, -0.2) is 4.79 Å². The Labute approximate surface area is 196 Å². The van der Waals surface area contributed by atoms with Crippen LogP contribution in [0.4, 0.5) is 4.79 Å². The summed E-state index contributed by atoms with van der Waals surface area (Å²) in [6, 6.07) is 17.8. The van der Waals surface area contributed by atoms with E-state index in [2.05, 4.69) is 40.0 Å². The first-order valence-electron chi connectivity index (χ1n) is 11.1. The molecule has 0 unspecified atom stereocenters. The molecule has 0 spiro atoms. The molecule has 4 rings (SSSR count). The van der Waals surface area contributed by atoms with E-state index in [0.717, 1.165) is 22.3 Å². The summed E-state index contributed by atoms with van der Waals surface area (Å²) in [5.41, 5.74) is 5.43. The number of nitrogens with zero attached hydrogens (tertiary/aromatic N) is 2. The zero-order valence-corrected chi connectivity index (χ0v) is 18.8. The Balaban J connectivity index is 1.29. The van der Waals surface area contributed by atoms with Crippen molar-refractivity contribution in [2.24, 2.45) is 7.05 Å². The summed E-state index contributed by atoms with van der Waals surface area (Å²) in [6.45, 7) is 0.576. The Morgan fingerprint density at radius 2 is 1.68 bits per heavy atom. The summed E-state index contributed by atoms with van der Waals surface area (Å²) in [5.74, 6) is -1.28. The lowest BCUT2D eigenvalue weighted by Crippen LogP contribution is -2.26. The Morgan fingerprint density at radius 3 is 2.32 bits per heavy atom. The predicted molar refractivity (Wildman–Crippen MR) is 124 cm³/mol. The molecule has 1 heterocycles. The van der Waals surface area contributed by atoms with Gasteiger partial charge in [-0.05, 0) is 34.7 Å². The van der Waals surface area contributed by atoms with E-state index < -0.39 is 12.1 Å². The van der Waals surface area contributed by atoms with Gasteiger partial charge in [0.1, 0.15) is 12.3 Å². The van der Waals surface area contributed by atoms with Crippen molar-refractivity contribution in [2.75, 3.05) is 13.2 Å². The molecule has 1 aliphatic rings. The van der Waals surface area contributed by atoms with Crippen LogP contribution >= 0.6 is 0 Å². The van der Waals surface area contributed by atoms with Crippen LogP contribution in [-0.4, -0.2) is 46.0 Å². The molecule has 0 saturated carbocycles. The number of aryl methyl sites for hydroxylation is 1. The molecular formula is C25H26N4O5. The number of carboxylic acid groups (broad SMARTS) is 1. The number of rotatable bonds is 9. The number of ether oxygens (including phenoxy) is 1. The third kappa shape index (κ3) is 5.09. The van der Waals surface area contributed by atoms with Crippen LogP contribution in [0.15, 0.2) is 54.6 Å². The normalized spacial score (nSPS) is 12.0. The van der Waals surface area contributed by atoms with Gasteiger partial charge in [-0.15, -0.1) is 0 Å². The molecule has 0 fully saturated rings. The van der Waals surface area contributed by atoms with E-state index in [9.17, 15) is 14.4 Å². The highest BCUT2D eigenvalue weighted by Crippen LogP contribution is 2.44. The number of amides is 2. The molecule has 0 bridgehead atoms. The number of alkyl carbamates (subject to hydrolysis) is 1. The van der Waals surface area contributed by atoms with Crippen molar-refractivity contribution in [3.05, 3.63) is 77.1 Å². The number of carboxylic acids is 1. The van der Waals surface area contributed by atoms with Crippen molar-refractivity contribution >= 4 is 18.0 Å². The lowest BCUT2D eigenvalue weighted by atomic mass is 9.98. The molecule has 9 heteroatoms. The molecule has 9 nitrogen and oxygen atoms in total. The molecule has 1 aliphatic carbocycles. The third-order valence-electron chi connectivity index (χ3n) is 5.77. The van der Waals surface area contributed by atoms with Gasteiger partial charge in [0.05, 0.1) is 12.2 Å². The van der Waals surface area contributed by atoms with Crippen LogP contribution in [0, 0.1) is 0 Å². The highest BCUT2D eigenvalue weighted by molar-refractivity contribution is 5.92. The second-order valence-corrected chi connectivity index (χ2v) is 8.08. The molecule has 0 aliphatic heterocycles. The van der Waals surface area contributed by atoms with E-state index in [-0.39, 0.29) is 37.9 Å². The van der Waals surface area contributed by atoms with Crippen molar-refractivity contribution in [3.8, 4) is 11.1 Å². The van der Waals surface area contributed by atoms with Crippen LogP contribution in [-0.2, 0) is 23.1 Å². The Kier molecular flexibility index (Phi) is 6.91.